The van der Waals surface area contributed by atoms with E-state index >= 15 is 0 Å². The number of methoxy groups -OCH3 is 1. The third-order valence-corrected chi connectivity index (χ3v) is 5.71. The monoisotopic (exact) mass is 433 g/mol. The number of rotatable bonds is 9. The normalized spacial score (nSPS) is 12.9. The van der Waals surface area contributed by atoms with Gasteiger partial charge in [0.05, 0.1) is 7.11 Å². The van der Waals surface area contributed by atoms with Crippen molar-refractivity contribution in [1.82, 2.24) is 4.90 Å². The van der Waals surface area contributed by atoms with E-state index in [1.807, 2.05) is 72.8 Å². The van der Waals surface area contributed by atoms with Crippen molar-refractivity contribution in [2.45, 2.75) is 18.9 Å². The van der Waals surface area contributed by atoms with Crippen molar-refractivity contribution in [2.24, 2.45) is 0 Å². The number of nitrogens with zero attached hydrogens (tertiary/aromatic N) is 1. The Morgan fingerprint density at radius 2 is 1.78 bits per heavy atom. The van der Waals surface area contributed by atoms with Crippen LogP contribution in [-0.4, -0.2) is 43.0 Å². The Bertz CT molecular complexity index is 1050. The zero-order chi connectivity index (χ0) is 22.3. The molecule has 3 aromatic carbocycles. The molecule has 1 N–H and O–H groups in total. The lowest BCUT2D eigenvalue weighted by atomic mass is 9.87. The Morgan fingerprint density at radius 3 is 2.56 bits per heavy atom. The first-order valence-electron chi connectivity index (χ1n) is 10.6. The smallest absolute Gasteiger partial charge is 0.248 e. The molecule has 166 valence electrons. The molecule has 0 saturated heterocycles. The van der Waals surface area contributed by atoms with E-state index in [0.717, 1.165) is 33.9 Å². The van der Waals surface area contributed by atoms with E-state index in [4.69, 9.17) is 14.2 Å². The summed E-state index contributed by atoms with van der Waals surface area (Å²) in [5, 5.41) is 9.53. The molecular formula is C26H27NO5. The second-order valence-corrected chi connectivity index (χ2v) is 7.65. The molecule has 0 aromatic heterocycles. The van der Waals surface area contributed by atoms with Gasteiger partial charge in [0.15, 0.2) is 11.5 Å². The molecule has 1 aliphatic heterocycles. The highest BCUT2D eigenvalue weighted by atomic mass is 16.7. The van der Waals surface area contributed by atoms with Gasteiger partial charge in [-0.25, -0.2) is 0 Å². The number of carbonyl (C=O) groups excluding carboxylic acids is 1. The van der Waals surface area contributed by atoms with Gasteiger partial charge >= 0.3 is 0 Å². The molecular weight excluding hydrogens is 406 g/mol. The standard InChI is InChI=1S/C26H27NO5/c1-30-23-10-6-5-9-22(23)21(20-11-12-24-25(15-20)32-18-31-24)13-14-27(26(29)17-28)16-19-7-3-2-4-8-19/h2-12,15,21,28H,13-14,16-18H2,1H3. The second kappa shape index (κ2) is 10.2. The van der Waals surface area contributed by atoms with Gasteiger partial charge in [0.25, 0.3) is 0 Å². The van der Waals surface area contributed by atoms with E-state index in [0.29, 0.717) is 19.5 Å². The van der Waals surface area contributed by atoms with Gasteiger partial charge in [-0.15, -0.1) is 0 Å². The quantitative estimate of drug-likeness (QED) is 0.553. The third-order valence-electron chi connectivity index (χ3n) is 5.71. The summed E-state index contributed by atoms with van der Waals surface area (Å²) in [6, 6.07) is 23.6. The van der Waals surface area contributed by atoms with Crippen molar-refractivity contribution in [3.63, 3.8) is 0 Å². The Hall–Kier alpha value is -3.51. The van der Waals surface area contributed by atoms with Gasteiger partial charge in [0.1, 0.15) is 12.4 Å². The fraction of sp³-hybridized carbons (Fsp3) is 0.269. The van der Waals surface area contributed by atoms with Crippen LogP contribution < -0.4 is 14.2 Å². The average molecular weight is 434 g/mol. The molecule has 0 saturated carbocycles. The molecule has 1 aliphatic rings. The molecule has 0 aliphatic carbocycles. The minimum atomic E-state index is -0.518. The van der Waals surface area contributed by atoms with E-state index in [2.05, 4.69) is 0 Å². The highest BCUT2D eigenvalue weighted by molar-refractivity contribution is 5.77. The van der Waals surface area contributed by atoms with E-state index in [1.54, 1.807) is 12.0 Å². The molecule has 32 heavy (non-hydrogen) atoms. The lowest BCUT2D eigenvalue weighted by molar-refractivity contribution is -0.134. The lowest BCUT2D eigenvalue weighted by Gasteiger charge is -2.26. The van der Waals surface area contributed by atoms with Gasteiger partial charge in [-0.1, -0.05) is 54.6 Å². The summed E-state index contributed by atoms with van der Waals surface area (Å²) < 4.78 is 16.7. The topological polar surface area (TPSA) is 68.2 Å². The van der Waals surface area contributed by atoms with Crippen molar-refractivity contribution in [1.29, 1.82) is 0 Å². The van der Waals surface area contributed by atoms with Crippen molar-refractivity contribution >= 4 is 5.91 Å². The molecule has 1 unspecified atom stereocenters. The van der Waals surface area contributed by atoms with Crippen LogP contribution in [0.15, 0.2) is 72.8 Å². The summed E-state index contributed by atoms with van der Waals surface area (Å²) in [4.78, 5) is 14.2. The highest BCUT2D eigenvalue weighted by Gasteiger charge is 2.24. The molecule has 1 atom stereocenters. The summed E-state index contributed by atoms with van der Waals surface area (Å²) in [5.41, 5.74) is 3.10. The maximum Gasteiger partial charge on any atom is 0.248 e. The predicted octanol–water partition coefficient (Wildman–Crippen LogP) is 3.97. The first-order valence-corrected chi connectivity index (χ1v) is 10.6. The summed E-state index contributed by atoms with van der Waals surface area (Å²) in [7, 11) is 1.66. The van der Waals surface area contributed by atoms with Crippen LogP contribution in [0, 0.1) is 0 Å². The summed E-state index contributed by atoms with van der Waals surface area (Å²) >= 11 is 0. The zero-order valence-electron chi connectivity index (χ0n) is 18.1. The number of para-hydroxylation sites is 1. The van der Waals surface area contributed by atoms with Crippen molar-refractivity contribution in [2.75, 3.05) is 27.1 Å². The molecule has 1 amide bonds. The minimum Gasteiger partial charge on any atom is -0.496 e. The molecule has 0 bridgehead atoms. The van der Waals surface area contributed by atoms with Gasteiger partial charge in [0, 0.05) is 24.6 Å². The predicted molar refractivity (Wildman–Crippen MR) is 121 cm³/mol. The fourth-order valence-corrected chi connectivity index (χ4v) is 4.07. The van der Waals surface area contributed by atoms with Crippen molar-refractivity contribution < 1.29 is 24.1 Å². The Kier molecular flexibility index (Phi) is 6.92. The van der Waals surface area contributed by atoms with Crippen LogP contribution in [0.4, 0.5) is 0 Å². The van der Waals surface area contributed by atoms with Crippen LogP contribution in [-0.2, 0) is 11.3 Å². The number of benzene rings is 3. The highest BCUT2D eigenvalue weighted by Crippen LogP contribution is 2.40. The number of aliphatic hydroxyl groups is 1. The Balaban J connectivity index is 1.63. The first-order chi connectivity index (χ1) is 15.7. The number of aliphatic hydroxyl groups excluding tert-OH is 1. The molecule has 0 fully saturated rings. The second-order valence-electron chi connectivity index (χ2n) is 7.65. The fourth-order valence-electron chi connectivity index (χ4n) is 4.07. The SMILES string of the molecule is COc1ccccc1C(CCN(Cc1ccccc1)C(=O)CO)c1ccc2c(c1)OCO2. The number of fused-ring (bicyclic) bond motifs is 1. The zero-order valence-corrected chi connectivity index (χ0v) is 18.1. The van der Waals surface area contributed by atoms with Gasteiger partial charge in [-0.3, -0.25) is 4.79 Å². The van der Waals surface area contributed by atoms with E-state index in [-0.39, 0.29) is 18.6 Å². The molecule has 6 heteroatoms. The molecule has 6 nitrogen and oxygen atoms in total. The average Bonchev–Trinajstić information content (AvgIpc) is 3.32. The van der Waals surface area contributed by atoms with E-state index in [9.17, 15) is 9.90 Å². The van der Waals surface area contributed by atoms with Crippen LogP contribution in [0.2, 0.25) is 0 Å². The third kappa shape index (κ3) is 4.86. The summed E-state index contributed by atoms with van der Waals surface area (Å²) in [6.45, 7) is 0.621. The number of carbonyl (C=O) groups is 1. The number of hydrogen-bond acceptors (Lipinski definition) is 5. The van der Waals surface area contributed by atoms with Gasteiger partial charge in [-0.05, 0) is 35.7 Å². The van der Waals surface area contributed by atoms with Crippen molar-refractivity contribution in [3.05, 3.63) is 89.5 Å². The van der Waals surface area contributed by atoms with Crippen LogP contribution in [0.25, 0.3) is 0 Å². The molecule has 1 heterocycles. The summed E-state index contributed by atoms with van der Waals surface area (Å²) in [6.07, 6.45) is 0.651. The maximum atomic E-state index is 12.5. The molecule has 0 radical (unpaired) electrons. The Morgan fingerprint density at radius 1 is 1.03 bits per heavy atom. The van der Waals surface area contributed by atoms with Crippen LogP contribution in [0.1, 0.15) is 29.0 Å². The maximum absolute atomic E-state index is 12.5. The van der Waals surface area contributed by atoms with Crippen LogP contribution in [0.3, 0.4) is 0 Å². The van der Waals surface area contributed by atoms with Crippen LogP contribution in [0.5, 0.6) is 17.2 Å². The van der Waals surface area contributed by atoms with Gasteiger partial charge in [0.2, 0.25) is 12.7 Å². The first kappa shape index (κ1) is 21.7. The minimum absolute atomic E-state index is 0.0367. The van der Waals surface area contributed by atoms with E-state index < -0.39 is 6.61 Å². The largest absolute Gasteiger partial charge is 0.496 e. The molecule has 4 rings (SSSR count). The summed E-state index contributed by atoms with van der Waals surface area (Å²) in [5.74, 6) is 1.91. The van der Waals surface area contributed by atoms with Crippen molar-refractivity contribution in [3.8, 4) is 17.2 Å². The van der Waals surface area contributed by atoms with E-state index in [1.165, 1.54) is 0 Å². The number of amides is 1. The molecule has 0 spiro atoms. The number of hydrogen-bond donors (Lipinski definition) is 1. The van der Waals surface area contributed by atoms with Gasteiger partial charge < -0.3 is 24.2 Å². The Labute approximate surface area is 188 Å². The molecule has 3 aromatic rings. The van der Waals surface area contributed by atoms with Crippen LogP contribution >= 0.6 is 0 Å². The number of ether oxygens (including phenoxy) is 3. The lowest BCUT2D eigenvalue weighted by Crippen LogP contribution is -2.34. The van der Waals surface area contributed by atoms with Gasteiger partial charge in [-0.2, -0.15) is 0 Å².